The molecule has 0 aliphatic carbocycles. The molecule has 0 amide bonds. The van der Waals surface area contributed by atoms with E-state index in [1.807, 2.05) is 30.3 Å². The molecule has 116 valence electrons. The topological polar surface area (TPSA) is 39.7 Å². The number of ether oxygens (including phenoxy) is 3. The standard InChI is InChI=1S/C18H21NO3/c1-2-3-10-20-16-7-4-14(5-8-16)12-19-15-6-9-17-18(11-15)22-13-21-17/h4-9,11,19H,2-3,10,12-13H2,1H3. The van der Waals surface area contributed by atoms with Crippen molar-refractivity contribution in [3.05, 3.63) is 48.0 Å². The first-order valence-corrected chi connectivity index (χ1v) is 7.70. The molecule has 0 aromatic heterocycles. The van der Waals surface area contributed by atoms with Gasteiger partial charge in [-0.25, -0.2) is 0 Å². The van der Waals surface area contributed by atoms with Crippen molar-refractivity contribution in [2.24, 2.45) is 0 Å². The number of nitrogens with one attached hydrogen (secondary N) is 1. The van der Waals surface area contributed by atoms with Gasteiger partial charge in [-0.3, -0.25) is 0 Å². The van der Waals surface area contributed by atoms with Gasteiger partial charge in [-0.05, 0) is 36.2 Å². The van der Waals surface area contributed by atoms with Gasteiger partial charge in [-0.15, -0.1) is 0 Å². The predicted molar refractivity (Wildman–Crippen MR) is 86.7 cm³/mol. The quantitative estimate of drug-likeness (QED) is 0.778. The van der Waals surface area contributed by atoms with Gasteiger partial charge in [0, 0.05) is 18.3 Å². The molecule has 22 heavy (non-hydrogen) atoms. The van der Waals surface area contributed by atoms with Crippen LogP contribution in [-0.2, 0) is 6.54 Å². The van der Waals surface area contributed by atoms with E-state index >= 15 is 0 Å². The van der Waals surface area contributed by atoms with Crippen LogP contribution in [0, 0.1) is 0 Å². The monoisotopic (exact) mass is 299 g/mol. The lowest BCUT2D eigenvalue weighted by atomic mass is 10.2. The van der Waals surface area contributed by atoms with Crippen molar-refractivity contribution in [3.8, 4) is 17.2 Å². The van der Waals surface area contributed by atoms with Crippen LogP contribution in [0.1, 0.15) is 25.3 Å². The maximum atomic E-state index is 5.66. The number of benzene rings is 2. The van der Waals surface area contributed by atoms with Crippen LogP contribution >= 0.6 is 0 Å². The maximum absolute atomic E-state index is 5.66. The third-order valence-corrected chi connectivity index (χ3v) is 3.56. The van der Waals surface area contributed by atoms with Gasteiger partial charge in [0.2, 0.25) is 6.79 Å². The van der Waals surface area contributed by atoms with Crippen molar-refractivity contribution in [3.63, 3.8) is 0 Å². The van der Waals surface area contributed by atoms with E-state index < -0.39 is 0 Å². The Balaban J connectivity index is 1.53. The Kier molecular flexibility index (Phi) is 4.68. The number of hydrogen-bond acceptors (Lipinski definition) is 4. The molecule has 0 fully saturated rings. The van der Waals surface area contributed by atoms with Gasteiger partial charge in [-0.2, -0.15) is 0 Å². The molecule has 0 unspecified atom stereocenters. The molecule has 0 saturated heterocycles. The number of hydrogen-bond donors (Lipinski definition) is 1. The lowest BCUT2D eigenvalue weighted by molar-refractivity contribution is 0.174. The number of anilines is 1. The first-order chi connectivity index (χ1) is 10.8. The highest BCUT2D eigenvalue weighted by Gasteiger charge is 2.12. The molecule has 1 N–H and O–H groups in total. The first kappa shape index (κ1) is 14.6. The molecule has 0 spiro atoms. The van der Waals surface area contributed by atoms with Gasteiger partial charge in [0.05, 0.1) is 6.61 Å². The molecule has 4 nitrogen and oxygen atoms in total. The Morgan fingerprint density at radius 2 is 1.86 bits per heavy atom. The van der Waals surface area contributed by atoms with E-state index in [-0.39, 0.29) is 0 Å². The van der Waals surface area contributed by atoms with Crippen molar-refractivity contribution in [1.29, 1.82) is 0 Å². The van der Waals surface area contributed by atoms with Crippen LogP contribution in [0.3, 0.4) is 0 Å². The van der Waals surface area contributed by atoms with E-state index in [0.29, 0.717) is 6.79 Å². The molecule has 2 aromatic rings. The van der Waals surface area contributed by atoms with E-state index in [0.717, 1.165) is 48.9 Å². The Hall–Kier alpha value is -2.36. The summed E-state index contributed by atoms with van der Waals surface area (Å²) in [6.45, 7) is 4.01. The Labute approximate surface area is 131 Å². The molecule has 0 atom stereocenters. The average molecular weight is 299 g/mol. The summed E-state index contributed by atoms with van der Waals surface area (Å²) in [5.74, 6) is 2.53. The van der Waals surface area contributed by atoms with Crippen LogP contribution in [-0.4, -0.2) is 13.4 Å². The van der Waals surface area contributed by atoms with Gasteiger partial charge in [0.1, 0.15) is 5.75 Å². The predicted octanol–water partition coefficient (Wildman–Crippen LogP) is 4.21. The zero-order valence-electron chi connectivity index (χ0n) is 12.8. The van der Waals surface area contributed by atoms with Gasteiger partial charge < -0.3 is 19.5 Å². The molecular weight excluding hydrogens is 278 g/mol. The minimum atomic E-state index is 0.304. The number of rotatable bonds is 7. The zero-order valence-corrected chi connectivity index (χ0v) is 12.8. The summed E-state index contributed by atoms with van der Waals surface area (Å²) < 4.78 is 16.3. The van der Waals surface area contributed by atoms with Gasteiger partial charge in [-0.1, -0.05) is 25.5 Å². The Morgan fingerprint density at radius 3 is 2.68 bits per heavy atom. The van der Waals surface area contributed by atoms with E-state index in [9.17, 15) is 0 Å². The first-order valence-electron chi connectivity index (χ1n) is 7.70. The Morgan fingerprint density at radius 1 is 1.05 bits per heavy atom. The second-order valence-corrected chi connectivity index (χ2v) is 5.27. The SMILES string of the molecule is CCCCOc1ccc(CNc2ccc3c(c2)OCO3)cc1. The highest BCUT2D eigenvalue weighted by molar-refractivity contribution is 5.55. The van der Waals surface area contributed by atoms with Crippen LogP contribution in [0.5, 0.6) is 17.2 Å². The molecule has 1 aliphatic heterocycles. The highest BCUT2D eigenvalue weighted by atomic mass is 16.7. The van der Waals surface area contributed by atoms with Crippen molar-refractivity contribution >= 4 is 5.69 Å². The zero-order chi connectivity index (χ0) is 15.2. The van der Waals surface area contributed by atoms with Crippen LogP contribution in [0.25, 0.3) is 0 Å². The lowest BCUT2D eigenvalue weighted by Gasteiger charge is -2.09. The fraction of sp³-hybridized carbons (Fsp3) is 0.333. The largest absolute Gasteiger partial charge is 0.494 e. The molecule has 3 rings (SSSR count). The fourth-order valence-corrected chi connectivity index (χ4v) is 2.25. The molecule has 4 heteroatoms. The maximum Gasteiger partial charge on any atom is 0.231 e. The number of unbranched alkanes of at least 4 members (excludes halogenated alkanes) is 1. The second-order valence-electron chi connectivity index (χ2n) is 5.27. The third-order valence-electron chi connectivity index (χ3n) is 3.56. The van der Waals surface area contributed by atoms with Crippen LogP contribution < -0.4 is 19.5 Å². The molecule has 2 aromatic carbocycles. The molecule has 0 bridgehead atoms. The average Bonchev–Trinajstić information content (AvgIpc) is 3.02. The normalized spacial score (nSPS) is 12.2. The van der Waals surface area contributed by atoms with Gasteiger partial charge in [0.25, 0.3) is 0 Å². The summed E-state index contributed by atoms with van der Waals surface area (Å²) in [6, 6.07) is 14.1. The molecule has 1 heterocycles. The Bertz CT molecular complexity index is 610. The van der Waals surface area contributed by atoms with E-state index in [1.165, 1.54) is 5.56 Å². The van der Waals surface area contributed by atoms with Crippen LogP contribution in [0.15, 0.2) is 42.5 Å². The van der Waals surface area contributed by atoms with Gasteiger partial charge >= 0.3 is 0 Å². The third kappa shape index (κ3) is 3.64. The molecule has 0 saturated carbocycles. The van der Waals surface area contributed by atoms with Crippen molar-refractivity contribution in [2.45, 2.75) is 26.3 Å². The number of fused-ring (bicyclic) bond motifs is 1. The van der Waals surface area contributed by atoms with E-state index in [1.54, 1.807) is 0 Å². The minimum absolute atomic E-state index is 0.304. The highest BCUT2D eigenvalue weighted by Crippen LogP contribution is 2.34. The van der Waals surface area contributed by atoms with Crippen LogP contribution in [0.4, 0.5) is 5.69 Å². The summed E-state index contributed by atoms with van der Waals surface area (Å²) in [4.78, 5) is 0. The smallest absolute Gasteiger partial charge is 0.231 e. The van der Waals surface area contributed by atoms with Gasteiger partial charge in [0.15, 0.2) is 11.5 Å². The summed E-state index contributed by atoms with van der Waals surface area (Å²) in [5.41, 5.74) is 2.23. The van der Waals surface area contributed by atoms with Crippen molar-refractivity contribution in [1.82, 2.24) is 0 Å². The van der Waals surface area contributed by atoms with E-state index in [2.05, 4.69) is 24.4 Å². The fourth-order valence-electron chi connectivity index (χ4n) is 2.25. The second kappa shape index (κ2) is 7.07. The summed E-state index contributed by atoms with van der Waals surface area (Å²) in [5, 5.41) is 3.39. The van der Waals surface area contributed by atoms with Crippen molar-refractivity contribution in [2.75, 3.05) is 18.7 Å². The summed E-state index contributed by atoms with van der Waals surface area (Å²) in [6.07, 6.45) is 2.24. The molecule has 1 aliphatic rings. The lowest BCUT2D eigenvalue weighted by Crippen LogP contribution is -2.00. The minimum Gasteiger partial charge on any atom is -0.494 e. The van der Waals surface area contributed by atoms with Crippen LogP contribution in [0.2, 0.25) is 0 Å². The summed E-state index contributed by atoms with van der Waals surface area (Å²) in [7, 11) is 0. The summed E-state index contributed by atoms with van der Waals surface area (Å²) >= 11 is 0. The molecule has 0 radical (unpaired) electrons. The van der Waals surface area contributed by atoms with E-state index in [4.69, 9.17) is 14.2 Å². The molecular formula is C18H21NO3. The van der Waals surface area contributed by atoms with Crippen molar-refractivity contribution < 1.29 is 14.2 Å².